The van der Waals surface area contributed by atoms with Crippen LogP contribution in [-0.2, 0) is 42.9 Å². The third kappa shape index (κ3) is 7.38. The molecule has 0 aliphatic carbocycles. The second kappa shape index (κ2) is 13.5. The maximum Gasteiger partial charge on any atom is 0.303 e. The van der Waals surface area contributed by atoms with Gasteiger partial charge in [0, 0.05) is 57.1 Å². The molecule has 1 saturated heterocycles. The number of ether oxygens (including phenoxy) is 6. The number of fused-ring (bicyclic) bond motifs is 1. The molecule has 3 aromatic rings. The summed E-state index contributed by atoms with van der Waals surface area (Å²) < 4.78 is 34.9. The summed E-state index contributed by atoms with van der Waals surface area (Å²) in [5.41, 5.74) is 1.05. The monoisotopic (exact) mass is 652 g/mol. The molecule has 4 rings (SSSR count). The predicted molar refractivity (Wildman–Crippen MR) is 153 cm³/mol. The van der Waals surface area contributed by atoms with Gasteiger partial charge in [0.15, 0.2) is 18.0 Å². The maximum atomic E-state index is 12.1. The molecule has 2 unspecified atom stereocenters. The van der Waals surface area contributed by atoms with Gasteiger partial charge in [-0.15, -0.1) is 0 Å². The second-order valence-electron chi connectivity index (χ2n) is 9.61. The molecule has 234 valence electrons. The molecule has 0 radical (unpaired) electrons. The quantitative estimate of drug-likeness (QED) is 0.139. The molecular weight excluding hydrogens is 627 g/mol. The molecule has 16 heteroatoms. The number of hydrogen-bond donors (Lipinski definition) is 0. The number of nitro groups is 1. The minimum atomic E-state index is -1.55. The van der Waals surface area contributed by atoms with Crippen LogP contribution in [0.25, 0.3) is 16.6 Å². The van der Waals surface area contributed by atoms with Gasteiger partial charge in [0.2, 0.25) is 12.4 Å². The SMILES string of the molecule is CC(=O)OCC1O[C@H](Oc2c(Cl)cc(-n3ccc4cc([N+](=O)[O-])ccc43)cc2Cl)[C@H](OC(C)=O)C(OC(C)=O)[C@@H]1OC(C)=O. The van der Waals surface area contributed by atoms with Crippen LogP contribution in [0.1, 0.15) is 27.7 Å². The Labute approximate surface area is 259 Å². The summed E-state index contributed by atoms with van der Waals surface area (Å²) in [4.78, 5) is 58.3. The Hall–Kier alpha value is -4.40. The predicted octanol–water partition coefficient (Wildman–Crippen LogP) is 4.31. The van der Waals surface area contributed by atoms with E-state index in [4.69, 9.17) is 51.6 Å². The summed E-state index contributed by atoms with van der Waals surface area (Å²) in [6.45, 7) is 4.00. The summed E-state index contributed by atoms with van der Waals surface area (Å²) in [6.07, 6.45) is -5.43. The fraction of sp³-hybridized carbons (Fsp3) is 0.357. The minimum absolute atomic E-state index is 0.0101. The van der Waals surface area contributed by atoms with Gasteiger partial charge < -0.3 is 33.0 Å². The van der Waals surface area contributed by atoms with Crippen molar-refractivity contribution in [3.8, 4) is 11.4 Å². The summed E-state index contributed by atoms with van der Waals surface area (Å²) in [5.74, 6) is -3.17. The highest BCUT2D eigenvalue weighted by Gasteiger charge is 2.53. The average molecular weight is 653 g/mol. The molecule has 0 spiro atoms. The van der Waals surface area contributed by atoms with E-state index in [1.54, 1.807) is 22.9 Å². The molecule has 0 N–H and O–H groups in total. The first kappa shape index (κ1) is 32.5. The topological polar surface area (TPSA) is 172 Å². The van der Waals surface area contributed by atoms with Gasteiger partial charge >= 0.3 is 23.9 Å². The highest BCUT2D eigenvalue weighted by molar-refractivity contribution is 6.37. The fourth-order valence-electron chi connectivity index (χ4n) is 4.67. The van der Waals surface area contributed by atoms with E-state index in [1.807, 2.05) is 0 Å². The van der Waals surface area contributed by atoms with E-state index >= 15 is 0 Å². The lowest BCUT2D eigenvalue weighted by Crippen LogP contribution is -2.63. The van der Waals surface area contributed by atoms with E-state index in [1.165, 1.54) is 24.3 Å². The molecule has 1 aliphatic heterocycles. The van der Waals surface area contributed by atoms with Gasteiger partial charge in [-0.05, 0) is 24.3 Å². The van der Waals surface area contributed by atoms with Crippen LogP contribution in [0.4, 0.5) is 5.69 Å². The summed E-state index contributed by atoms with van der Waals surface area (Å²) in [5, 5.41) is 11.7. The number of non-ortho nitro benzene ring substituents is 1. The number of hydrogen-bond acceptors (Lipinski definition) is 12. The molecule has 5 atom stereocenters. The molecule has 2 heterocycles. The Morgan fingerprint density at radius 2 is 1.45 bits per heavy atom. The number of halogens is 2. The van der Waals surface area contributed by atoms with Gasteiger partial charge in [0.05, 0.1) is 20.5 Å². The molecule has 0 bridgehead atoms. The zero-order chi connectivity index (χ0) is 32.3. The Kier molecular flexibility index (Phi) is 9.97. The maximum absolute atomic E-state index is 12.1. The second-order valence-corrected chi connectivity index (χ2v) is 10.4. The summed E-state index contributed by atoms with van der Waals surface area (Å²) in [7, 11) is 0. The number of carbonyl (C=O) groups is 4. The summed E-state index contributed by atoms with van der Waals surface area (Å²) >= 11 is 13.2. The molecule has 14 nitrogen and oxygen atoms in total. The van der Waals surface area contributed by atoms with E-state index in [9.17, 15) is 29.3 Å². The van der Waals surface area contributed by atoms with Crippen LogP contribution in [0, 0.1) is 10.1 Å². The number of esters is 4. The van der Waals surface area contributed by atoms with E-state index in [0.717, 1.165) is 27.7 Å². The lowest BCUT2D eigenvalue weighted by atomic mass is 9.98. The normalized spacial score (nSPS) is 21.3. The van der Waals surface area contributed by atoms with Gasteiger partial charge in [-0.3, -0.25) is 29.3 Å². The van der Waals surface area contributed by atoms with E-state index in [2.05, 4.69) is 0 Å². The first-order chi connectivity index (χ1) is 20.7. The lowest BCUT2D eigenvalue weighted by Gasteiger charge is -2.44. The number of carbonyl (C=O) groups excluding carboxylic acids is 4. The van der Waals surface area contributed by atoms with Crippen molar-refractivity contribution >= 4 is 63.7 Å². The van der Waals surface area contributed by atoms with Gasteiger partial charge in [-0.1, -0.05) is 23.2 Å². The lowest BCUT2D eigenvalue weighted by molar-refractivity contribution is -0.384. The van der Waals surface area contributed by atoms with Crippen LogP contribution in [0.5, 0.6) is 5.75 Å². The van der Waals surface area contributed by atoms with E-state index in [-0.39, 0.29) is 21.5 Å². The standard InChI is InChI=1S/C28H26Cl2N2O12/c1-13(33)39-12-23-25(40-14(2)34)26(41-15(3)35)27(42-16(4)36)28(43-23)44-24-20(29)10-19(11-21(24)30)31-8-7-17-9-18(32(37)38)5-6-22(17)31/h5-11,23,25-28H,12H2,1-4H3/t23?,25-,26?,27-,28-/m1/s1. The van der Waals surface area contributed by atoms with Crippen LogP contribution in [0.15, 0.2) is 42.6 Å². The molecule has 1 aromatic heterocycles. The van der Waals surface area contributed by atoms with Crippen LogP contribution in [0.3, 0.4) is 0 Å². The van der Waals surface area contributed by atoms with Crippen molar-refractivity contribution in [2.24, 2.45) is 0 Å². The van der Waals surface area contributed by atoms with Crippen LogP contribution >= 0.6 is 23.2 Å². The highest BCUT2D eigenvalue weighted by Crippen LogP contribution is 2.39. The van der Waals surface area contributed by atoms with Crippen molar-refractivity contribution < 1.29 is 52.5 Å². The zero-order valence-corrected chi connectivity index (χ0v) is 25.2. The minimum Gasteiger partial charge on any atom is -0.463 e. The van der Waals surface area contributed by atoms with Gasteiger partial charge in [-0.25, -0.2) is 0 Å². The third-order valence-corrected chi connectivity index (χ3v) is 6.89. The Morgan fingerprint density at radius 1 is 0.864 bits per heavy atom. The third-order valence-electron chi connectivity index (χ3n) is 6.33. The molecule has 1 aliphatic rings. The van der Waals surface area contributed by atoms with Crippen molar-refractivity contribution in [1.29, 1.82) is 0 Å². The van der Waals surface area contributed by atoms with Crippen molar-refractivity contribution in [3.63, 3.8) is 0 Å². The van der Waals surface area contributed by atoms with Crippen molar-refractivity contribution in [3.05, 3.63) is 62.8 Å². The zero-order valence-electron chi connectivity index (χ0n) is 23.7. The first-order valence-corrected chi connectivity index (χ1v) is 13.7. The number of aromatic nitrogens is 1. The molecule has 1 fully saturated rings. The molecule has 0 saturated carbocycles. The van der Waals surface area contributed by atoms with Crippen LogP contribution in [0.2, 0.25) is 10.0 Å². The Bertz CT molecular complexity index is 1600. The van der Waals surface area contributed by atoms with Crippen molar-refractivity contribution in [1.82, 2.24) is 4.57 Å². The number of benzene rings is 2. The average Bonchev–Trinajstić information content (AvgIpc) is 3.35. The molecule has 0 amide bonds. The van der Waals surface area contributed by atoms with Gasteiger partial charge in [0.1, 0.15) is 12.7 Å². The van der Waals surface area contributed by atoms with Gasteiger partial charge in [-0.2, -0.15) is 0 Å². The first-order valence-electron chi connectivity index (χ1n) is 13.0. The largest absolute Gasteiger partial charge is 0.463 e. The number of nitrogens with zero attached hydrogens (tertiary/aromatic N) is 2. The van der Waals surface area contributed by atoms with Crippen molar-refractivity contribution in [2.45, 2.75) is 58.4 Å². The summed E-state index contributed by atoms with van der Waals surface area (Å²) in [6, 6.07) is 9.08. The molecular formula is C28H26Cl2N2O12. The smallest absolute Gasteiger partial charge is 0.303 e. The van der Waals surface area contributed by atoms with Crippen LogP contribution < -0.4 is 4.74 Å². The Balaban J connectivity index is 1.72. The molecule has 44 heavy (non-hydrogen) atoms. The van der Waals surface area contributed by atoms with Crippen molar-refractivity contribution in [2.75, 3.05) is 6.61 Å². The highest BCUT2D eigenvalue weighted by atomic mass is 35.5. The number of nitro benzene ring substituents is 1. The van der Waals surface area contributed by atoms with Gasteiger partial charge in [0.25, 0.3) is 5.69 Å². The van der Waals surface area contributed by atoms with E-state index in [0.29, 0.717) is 16.6 Å². The fourth-order valence-corrected chi connectivity index (χ4v) is 5.23. The Morgan fingerprint density at radius 3 is 2.02 bits per heavy atom. The van der Waals surface area contributed by atoms with E-state index < -0.39 is 66.1 Å². The molecule has 2 aromatic carbocycles. The number of rotatable bonds is 9. The van der Waals surface area contributed by atoms with Crippen LogP contribution in [-0.4, -0.2) is 70.7 Å².